The van der Waals surface area contributed by atoms with Gasteiger partial charge in [0.05, 0.1) is 0 Å². The average molecular weight is 381 g/mol. The normalized spacial score (nSPS) is 12.5. The van der Waals surface area contributed by atoms with E-state index in [0.29, 0.717) is 4.47 Å². The summed E-state index contributed by atoms with van der Waals surface area (Å²) in [6.45, 7) is 0. The Morgan fingerprint density at radius 2 is 1.50 bits per heavy atom. The van der Waals surface area contributed by atoms with E-state index in [2.05, 4.69) is 15.9 Å². The first-order valence-corrected chi connectivity index (χ1v) is 8.32. The van der Waals surface area contributed by atoms with Crippen LogP contribution in [-0.4, -0.2) is 11.1 Å². The van der Waals surface area contributed by atoms with Gasteiger partial charge in [-0.3, -0.25) is 0 Å². The molecule has 0 heterocycles. The van der Waals surface area contributed by atoms with E-state index in [9.17, 15) is 9.90 Å². The Morgan fingerprint density at radius 3 is 2.12 bits per heavy atom. The molecule has 0 spiro atoms. The molecular weight excluding hydrogens is 368 g/mol. The van der Waals surface area contributed by atoms with Gasteiger partial charge >= 0.3 is 5.97 Å². The number of carbonyl (C=O) groups excluding carboxylic acids is 1. The monoisotopic (exact) mass is 380 g/mol. The van der Waals surface area contributed by atoms with E-state index in [1.165, 1.54) is 6.07 Å². The lowest BCUT2D eigenvalue weighted by atomic mass is 10.1. The first-order valence-electron chi connectivity index (χ1n) is 7.53. The number of carbonyl (C=O) groups is 1. The summed E-state index contributed by atoms with van der Waals surface area (Å²) in [5.74, 6) is -0.645. The predicted octanol–water partition coefficient (Wildman–Crippen LogP) is 5.08. The number of esters is 1. The van der Waals surface area contributed by atoms with Crippen molar-refractivity contribution in [2.45, 2.75) is 6.10 Å². The molecule has 1 N–H and O–H groups in total. The fourth-order valence-corrected chi connectivity index (χ4v) is 3.44. The van der Waals surface area contributed by atoms with Gasteiger partial charge in [0.2, 0.25) is 0 Å². The molecule has 0 aliphatic heterocycles. The molecule has 1 aliphatic rings. The van der Waals surface area contributed by atoms with Crippen LogP contribution in [0, 0.1) is 0 Å². The summed E-state index contributed by atoms with van der Waals surface area (Å²) in [6, 6.07) is 20.5. The highest BCUT2D eigenvalue weighted by Crippen LogP contribution is 2.45. The molecule has 3 nitrogen and oxygen atoms in total. The Morgan fingerprint density at radius 1 is 0.917 bits per heavy atom. The topological polar surface area (TPSA) is 46.5 Å². The fourth-order valence-electron chi connectivity index (χ4n) is 3.08. The molecule has 3 aromatic rings. The number of hydrogen-bond donors (Lipinski definition) is 1. The second kappa shape index (κ2) is 5.80. The number of benzene rings is 3. The maximum Gasteiger partial charge on any atom is 0.342 e. The fraction of sp³-hybridized carbons (Fsp3) is 0.0500. The molecule has 4 rings (SSSR count). The van der Waals surface area contributed by atoms with E-state index in [1.807, 2.05) is 48.5 Å². The van der Waals surface area contributed by atoms with Crippen molar-refractivity contribution >= 4 is 21.9 Å². The van der Waals surface area contributed by atoms with Crippen LogP contribution in [0.25, 0.3) is 11.1 Å². The summed E-state index contributed by atoms with van der Waals surface area (Å²) in [6.07, 6.45) is -0.469. The van der Waals surface area contributed by atoms with E-state index < -0.39 is 12.1 Å². The van der Waals surface area contributed by atoms with Crippen molar-refractivity contribution in [1.29, 1.82) is 0 Å². The van der Waals surface area contributed by atoms with Gasteiger partial charge in [-0.15, -0.1) is 0 Å². The molecule has 1 aliphatic carbocycles. The van der Waals surface area contributed by atoms with Gasteiger partial charge in [0, 0.05) is 15.6 Å². The van der Waals surface area contributed by atoms with Gasteiger partial charge in [0.15, 0.2) is 6.10 Å². The molecular formula is C20H13BrO3. The number of ether oxygens (including phenoxy) is 1. The SMILES string of the molecule is O=C(OC1c2ccccc2-c2ccccc21)c1cc(Br)ccc1O. The number of hydrogen-bond acceptors (Lipinski definition) is 3. The third-order valence-corrected chi connectivity index (χ3v) is 4.67. The van der Waals surface area contributed by atoms with Gasteiger partial charge in [-0.25, -0.2) is 4.79 Å². The summed E-state index contributed by atoms with van der Waals surface area (Å²) in [7, 11) is 0. The molecule has 0 aromatic heterocycles. The van der Waals surface area contributed by atoms with Crippen molar-refractivity contribution in [2.24, 2.45) is 0 Å². The summed E-state index contributed by atoms with van der Waals surface area (Å²) in [4.78, 5) is 12.6. The highest BCUT2D eigenvalue weighted by atomic mass is 79.9. The zero-order valence-corrected chi connectivity index (χ0v) is 14.2. The minimum Gasteiger partial charge on any atom is -0.507 e. The summed E-state index contributed by atoms with van der Waals surface area (Å²) in [5.41, 5.74) is 4.21. The first kappa shape index (κ1) is 15.0. The smallest absolute Gasteiger partial charge is 0.342 e. The molecule has 0 atom stereocenters. The van der Waals surface area contributed by atoms with Gasteiger partial charge in [-0.2, -0.15) is 0 Å². The van der Waals surface area contributed by atoms with Crippen LogP contribution in [0.3, 0.4) is 0 Å². The Balaban J connectivity index is 1.75. The van der Waals surface area contributed by atoms with Crippen molar-refractivity contribution in [3.05, 3.63) is 87.9 Å². The second-order valence-corrected chi connectivity index (χ2v) is 6.54. The third kappa shape index (κ3) is 2.39. The van der Waals surface area contributed by atoms with Crippen LogP contribution in [-0.2, 0) is 4.74 Å². The molecule has 0 saturated heterocycles. The quantitative estimate of drug-likeness (QED) is 0.630. The van der Waals surface area contributed by atoms with E-state index in [4.69, 9.17) is 4.74 Å². The molecule has 0 radical (unpaired) electrons. The Labute approximate surface area is 147 Å². The van der Waals surface area contributed by atoms with Gasteiger partial charge in [-0.1, -0.05) is 64.5 Å². The molecule has 0 amide bonds. The molecule has 3 aromatic carbocycles. The zero-order chi connectivity index (χ0) is 16.7. The van der Waals surface area contributed by atoms with Crippen LogP contribution in [0.5, 0.6) is 5.75 Å². The number of rotatable bonds is 2. The van der Waals surface area contributed by atoms with Crippen LogP contribution in [0.2, 0.25) is 0 Å². The van der Waals surface area contributed by atoms with Crippen molar-refractivity contribution in [1.82, 2.24) is 0 Å². The van der Waals surface area contributed by atoms with Crippen LogP contribution >= 0.6 is 15.9 Å². The highest BCUT2D eigenvalue weighted by Gasteiger charge is 2.31. The van der Waals surface area contributed by atoms with Crippen LogP contribution in [0.1, 0.15) is 27.6 Å². The Kier molecular flexibility index (Phi) is 3.62. The third-order valence-electron chi connectivity index (χ3n) is 4.18. The number of phenolic OH excluding ortho intramolecular Hbond substituents is 1. The summed E-state index contributed by atoms with van der Waals surface area (Å²) < 4.78 is 6.47. The lowest BCUT2D eigenvalue weighted by molar-refractivity contribution is 0.0382. The molecule has 118 valence electrons. The lowest BCUT2D eigenvalue weighted by Crippen LogP contribution is -2.11. The molecule has 0 fully saturated rings. The molecule has 0 saturated carbocycles. The van der Waals surface area contributed by atoms with E-state index >= 15 is 0 Å². The Hall–Kier alpha value is -2.59. The molecule has 0 unspecified atom stereocenters. The van der Waals surface area contributed by atoms with Crippen LogP contribution < -0.4 is 0 Å². The van der Waals surface area contributed by atoms with Gasteiger partial charge < -0.3 is 9.84 Å². The van der Waals surface area contributed by atoms with Gasteiger partial charge in [0.25, 0.3) is 0 Å². The molecule has 24 heavy (non-hydrogen) atoms. The number of aromatic hydroxyl groups is 1. The van der Waals surface area contributed by atoms with Crippen LogP contribution in [0.4, 0.5) is 0 Å². The van der Waals surface area contributed by atoms with Gasteiger partial charge in [-0.05, 0) is 29.3 Å². The summed E-state index contributed by atoms with van der Waals surface area (Å²) >= 11 is 3.31. The minimum atomic E-state index is -0.551. The summed E-state index contributed by atoms with van der Waals surface area (Å²) in [5, 5.41) is 9.95. The minimum absolute atomic E-state index is 0.0947. The predicted molar refractivity (Wildman–Crippen MR) is 94.9 cm³/mol. The second-order valence-electron chi connectivity index (χ2n) is 5.62. The lowest BCUT2D eigenvalue weighted by Gasteiger charge is -2.15. The maximum atomic E-state index is 12.6. The van der Waals surface area contributed by atoms with Gasteiger partial charge in [0.1, 0.15) is 11.3 Å². The Bertz CT molecular complexity index is 904. The number of phenols is 1. The van der Waals surface area contributed by atoms with Crippen LogP contribution in [0.15, 0.2) is 71.2 Å². The van der Waals surface area contributed by atoms with E-state index in [1.54, 1.807) is 12.1 Å². The average Bonchev–Trinajstić information content (AvgIpc) is 2.92. The molecule has 0 bridgehead atoms. The number of fused-ring (bicyclic) bond motifs is 3. The maximum absolute atomic E-state index is 12.6. The first-order chi connectivity index (χ1) is 11.6. The molecule has 4 heteroatoms. The van der Waals surface area contributed by atoms with Crippen molar-refractivity contribution in [3.8, 4) is 16.9 Å². The highest BCUT2D eigenvalue weighted by molar-refractivity contribution is 9.10. The van der Waals surface area contributed by atoms with E-state index in [0.717, 1.165) is 22.3 Å². The standard InChI is InChI=1S/C20H13BrO3/c21-12-9-10-18(22)17(11-12)20(23)24-19-15-7-3-1-5-13(15)14-6-2-4-8-16(14)19/h1-11,19,22H. The van der Waals surface area contributed by atoms with E-state index in [-0.39, 0.29) is 11.3 Å². The van der Waals surface area contributed by atoms with Crippen molar-refractivity contribution in [3.63, 3.8) is 0 Å². The zero-order valence-electron chi connectivity index (χ0n) is 12.6. The number of halogens is 1. The van der Waals surface area contributed by atoms with Crippen molar-refractivity contribution < 1.29 is 14.6 Å². The largest absolute Gasteiger partial charge is 0.507 e. The van der Waals surface area contributed by atoms with Crippen molar-refractivity contribution in [2.75, 3.05) is 0 Å².